The Hall–Kier alpha value is -1.06. The highest BCUT2D eigenvalue weighted by Crippen LogP contribution is 2.31. The Kier molecular flexibility index (Phi) is 5.83. The van der Waals surface area contributed by atoms with E-state index in [0.29, 0.717) is 18.6 Å². The molecule has 0 spiro atoms. The van der Waals surface area contributed by atoms with Gasteiger partial charge in [-0.2, -0.15) is 0 Å². The fourth-order valence-electron chi connectivity index (χ4n) is 3.82. The highest BCUT2D eigenvalue weighted by molar-refractivity contribution is 14.0. The molecule has 2 bridgehead atoms. The molecule has 5 rings (SSSR count). The molecule has 0 saturated carbocycles. The van der Waals surface area contributed by atoms with Gasteiger partial charge < -0.3 is 15.8 Å². The number of benzene rings is 1. The van der Waals surface area contributed by atoms with Gasteiger partial charge in [-0.1, -0.05) is 18.2 Å². The van der Waals surface area contributed by atoms with Crippen LogP contribution in [0.25, 0.3) is 0 Å². The van der Waals surface area contributed by atoms with Gasteiger partial charge in [-0.3, -0.25) is 14.8 Å². The van der Waals surface area contributed by atoms with Crippen LogP contribution >= 0.6 is 24.0 Å². The molecule has 0 amide bonds. The van der Waals surface area contributed by atoms with Crippen molar-refractivity contribution < 1.29 is 4.74 Å². The number of halogens is 1. The maximum absolute atomic E-state index is 6.14. The number of nitrogens with one attached hydrogen (secondary N) is 1. The fraction of sp³-hybridized carbons (Fsp3) is 0.588. The first-order chi connectivity index (χ1) is 11.3. The Morgan fingerprint density at radius 2 is 2.04 bits per heavy atom. The van der Waals surface area contributed by atoms with Crippen molar-refractivity contribution in [2.75, 3.05) is 45.9 Å². The summed E-state index contributed by atoms with van der Waals surface area (Å²) < 4.78 is 5.69. The van der Waals surface area contributed by atoms with E-state index in [1.165, 1.54) is 31.7 Å². The monoisotopic (exact) mass is 443 g/mol. The van der Waals surface area contributed by atoms with Crippen LogP contribution in [-0.2, 0) is 0 Å². The Balaban J connectivity index is 0.00000169. The van der Waals surface area contributed by atoms with E-state index >= 15 is 0 Å². The highest BCUT2D eigenvalue weighted by atomic mass is 127. The number of ether oxygens (including phenoxy) is 1. The minimum atomic E-state index is 0. The average molecular weight is 443 g/mol. The largest absolute Gasteiger partial charge is 0.493 e. The summed E-state index contributed by atoms with van der Waals surface area (Å²) in [5, 5.41) is 3.37. The van der Waals surface area contributed by atoms with Crippen LogP contribution in [0.15, 0.2) is 29.3 Å². The van der Waals surface area contributed by atoms with Crippen molar-refractivity contribution in [3.63, 3.8) is 0 Å². The van der Waals surface area contributed by atoms with E-state index in [1.807, 2.05) is 18.2 Å². The van der Waals surface area contributed by atoms with Gasteiger partial charge in [-0.25, -0.2) is 0 Å². The number of hydrogen-bond acceptors (Lipinski definition) is 4. The first kappa shape index (κ1) is 17.8. The van der Waals surface area contributed by atoms with Crippen LogP contribution in [0.4, 0.5) is 0 Å². The van der Waals surface area contributed by atoms with Crippen molar-refractivity contribution in [3.8, 4) is 5.75 Å². The second kappa shape index (κ2) is 7.88. The van der Waals surface area contributed by atoms with Crippen LogP contribution in [0, 0.1) is 0 Å². The molecule has 7 heteroatoms. The first-order valence-corrected chi connectivity index (χ1v) is 8.54. The van der Waals surface area contributed by atoms with E-state index < -0.39 is 0 Å². The normalized spacial score (nSPS) is 31.6. The zero-order chi connectivity index (χ0) is 15.6. The molecule has 0 aromatic heterocycles. The molecular formula is C17H26IN5O. The molecule has 0 aliphatic carbocycles. The second-order valence-corrected chi connectivity index (χ2v) is 6.59. The molecule has 3 N–H and O–H groups in total. The van der Waals surface area contributed by atoms with Gasteiger partial charge in [0.2, 0.25) is 0 Å². The van der Waals surface area contributed by atoms with Crippen molar-refractivity contribution >= 4 is 29.9 Å². The van der Waals surface area contributed by atoms with Gasteiger partial charge in [-0.05, 0) is 6.07 Å². The standard InChI is InChI=1S/C17H25N5O.HI/c18-17(19-11-13-12-21-6-8-22(13)9-7-21)20-15-5-10-23-16-4-2-1-3-14(15)16;/h1-4,13,15H,5-12H2,(H3,18,19,20);1H. The number of piperazine rings is 3. The molecule has 1 aromatic rings. The molecule has 3 fully saturated rings. The molecular weight excluding hydrogens is 417 g/mol. The molecule has 4 heterocycles. The molecule has 2 unspecified atom stereocenters. The SMILES string of the molecule is I.NC(=NCC1CN2CCN1CC2)NC1CCOc2ccccc21. The van der Waals surface area contributed by atoms with Gasteiger partial charge >= 0.3 is 0 Å². The lowest BCUT2D eigenvalue weighted by Gasteiger charge is -2.47. The lowest BCUT2D eigenvalue weighted by Crippen LogP contribution is -2.61. The van der Waals surface area contributed by atoms with E-state index in [9.17, 15) is 0 Å². The van der Waals surface area contributed by atoms with Gasteiger partial charge in [0.15, 0.2) is 5.96 Å². The van der Waals surface area contributed by atoms with E-state index in [0.717, 1.165) is 25.3 Å². The van der Waals surface area contributed by atoms with Crippen molar-refractivity contribution in [3.05, 3.63) is 29.8 Å². The summed E-state index contributed by atoms with van der Waals surface area (Å²) in [6, 6.07) is 8.85. The zero-order valence-electron chi connectivity index (χ0n) is 13.9. The van der Waals surface area contributed by atoms with Gasteiger partial charge in [0.05, 0.1) is 19.2 Å². The number of hydrogen-bond donors (Lipinski definition) is 2. The topological polar surface area (TPSA) is 66.1 Å². The Bertz CT molecular complexity index is 588. The third-order valence-corrected chi connectivity index (χ3v) is 5.15. The van der Waals surface area contributed by atoms with Gasteiger partial charge in [0, 0.05) is 50.7 Å². The van der Waals surface area contributed by atoms with Crippen LogP contribution < -0.4 is 15.8 Å². The number of nitrogens with zero attached hydrogens (tertiary/aromatic N) is 3. The van der Waals surface area contributed by atoms with E-state index in [4.69, 9.17) is 10.5 Å². The second-order valence-electron chi connectivity index (χ2n) is 6.59. The molecule has 24 heavy (non-hydrogen) atoms. The first-order valence-electron chi connectivity index (χ1n) is 8.54. The molecule has 2 atom stereocenters. The Labute approximate surface area is 160 Å². The van der Waals surface area contributed by atoms with Crippen molar-refractivity contribution in [2.24, 2.45) is 10.7 Å². The third-order valence-electron chi connectivity index (χ3n) is 5.15. The minimum Gasteiger partial charge on any atom is -0.493 e. The number of fused-ring (bicyclic) bond motifs is 4. The molecule has 132 valence electrons. The molecule has 4 aliphatic heterocycles. The average Bonchev–Trinajstić information content (AvgIpc) is 2.61. The smallest absolute Gasteiger partial charge is 0.189 e. The summed E-state index contributed by atoms with van der Waals surface area (Å²) >= 11 is 0. The Morgan fingerprint density at radius 3 is 2.79 bits per heavy atom. The van der Waals surface area contributed by atoms with Crippen molar-refractivity contribution in [2.45, 2.75) is 18.5 Å². The molecule has 1 aromatic carbocycles. The summed E-state index contributed by atoms with van der Waals surface area (Å²) in [4.78, 5) is 9.68. The van der Waals surface area contributed by atoms with E-state index in [1.54, 1.807) is 0 Å². The number of para-hydroxylation sites is 1. The van der Waals surface area contributed by atoms with Crippen molar-refractivity contribution in [1.82, 2.24) is 15.1 Å². The number of rotatable bonds is 3. The lowest BCUT2D eigenvalue weighted by atomic mass is 10.0. The maximum Gasteiger partial charge on any atom is 0.189 e. The summed E-state index contributed by atoms with van der Waals surface area (Å²) in [6.07, 6.45) is 0.913. The van der Waals surface area contributed by atoms with Crippen LogP contribution in [0.5, 0.6) is 5.75 Å². The molecule has 4 aliphatic rings. The number of guanidine groups is 1. The van der Waals surface area contributed by atoms with Gasteiger partial charge in [0.1, 0.15) is 5.75 Å². The predicted molar refractivity (Wildman–Crippen MR) is 106 cm³/mol. The predicted octanol–water partition coefficient (Wildman–Crippen LogP) is 1.03. The number of aliphatic imine (C=N–C) groups is 1. The third kappa shape index (κ3) is 3.78. The fourth-order valence-corrected chi connectivity index (χ4v) is 3.82. The maximum atomic E-state index is 6.14. The lowest BCUT2D eigenvalue weighted by molar-refractivity contribution is 0.0174. The van der Waals surface area contributed by atoms with Crippen LogP contribution in [-0.4, -0.2) is 67.7 Å². The van der Waals surface area contributed by atoms with Crippen molar-refractivity contribution in [1.29, 1.82) is 0 Å². The van der Waals surface area contributed by atoms with E-state index in [2.05, 4.69) is 26.2 Å². The molecule has 6 nitrogen and oxygen atoms in total. The van der Waals surface area contributed by atoms with Gasteiger partial charge in [0.25, 0.3) is 0 Å². The molecule has 0 radical (unpaired) electrons. The number of nitrogens with two attached hydrogens (primary N) is 1. The minimum absolute atomic E-state index is 0. The van der Waals surface area contributed by atoms with Crippen LogP contribution in [0.1, 0.15) is 18.0 Å². The summed E-state index contributed by atoms with van der Waals surface area (Å²) in [6.45, 7) is 7.35. The Morgan fingerprint density at radius 1 is 1.25 bits per heavy atom. The quantitative estimate of drug-likeness (QED) is 0.415. The molecule has 3 saturated heterocycles. The van der Waals surface area contributed by atoms with Crippen LogP contribution in [0.2, 0.25) is 0 Å². The summed E-state index contributed by atoms with van der Waals surface area (Å²) in [5.74, 6) is 1.50. The van der Waals surface area contributed by atoms with E-state index in [-0.39, 0.29) is 30.0 Å². The zero-order valence-corrected chi connectivity index (χ0v) is 16.2. The van der Waals surface area contributed by atoms with Crippen LogP contribution in [0.3, 0.4) is 0 Å². The van der Waals surface area contributed by atoms with Gasteiger partial charge in [-0.15, -0.1) is 24.0 Å². The summed E-state index contributed by atoms with van der Waals surface area (Å²) in [7, 11) is 0. The summed E-state index contributed by atoms with van der Waals surface area (Å²) in [5.41, 5.74) is 7.31. The highest BCUT2D eigenvalue weighted by Gasteiger charge is 2.31.